The van der Waals surface area contributed by atoms with Crippen LogP contribution in [0.4, 0.5) is 0 Å². The third-order valence-electron chi connectivity index (χ3n) is 2.04. The molecule has 0 rings (SSSR count). The Bertz CT molecular complexity index is 272. The highest BCUT2D eigenvalue weighted by Gasteiger charge is 2.17. The lowest BCUT2D eigenvalue weighted by Gasteiger charge is -2.11. The molecule has 0 radical (unpaired) electrons. The van der Waals surface area contributed by atoms with E-state index in [0.717, 1.165) is 18.4 Å². The van der Waals surface area contributed by atoms with Crippen molar-refractivity contribution in [3.8, 4) is 6.07 Å². The Hall–Kier alpha value is -1.30. The van der Waals surface area contributed by atoms with Crippen molar-refractivity contribution in [1.82, 2.24) is 0 Å². The number of methoxy groups -OCH3 is 1. The lowest BCUT2D eigenvalue weighted by atomic mass is 9.94. The molecule has 0 aromatic rings. The number of esters is 1. The van der Waals surface area contributed by atoms with E-state index in [-0.39, 0.29) is 11.5 Å². The lowest BCUT2D eigenvalue weighted by molar-refractivity contribution is -0.135. The van der Waals surface area contributed by atoms with Crippen LogP contribution in [-0.2, 0) is 9.53 Å². The average molecular weight is 195 g/mol. The van der Waals surface area contributed by atoms with E-state index in [1.165, 1.54) is 7.11 Å². The predicted octanol–water partition coefficient (Wildman–Crippen LogP) is 2.44. The van der Waals surface area contributed by atoms with Crippen LogP contribution >= 0.6 is 0 Å². The molecule has 0 saturated heterocycles. The molecule has 0 saturated carbocycles. The van der Waals surface area contributed by atoms with E-state index in [4.69, 9.17) is 5.26 Å². The van der Waals surface area contributed by atoms with Crippen molar-refractivity contribution in [2.24, 2.45) is 5.92 Å². The van der Waals surface area contributed by atoms with E-state index in [1.54, 1.807) is 0 Å². The molecule has 0 aliphatic heterocycles. The highest BCUT2D eigenvalue weighted by Crippen LogP contribution is 2.20. The number of nitrogens with zero attached hydrogens (tertiary/aromatic N) is 1. The van der Waals surface area contributed by atoms with Crippen LogP contribution in [0.3, 0.4) is 0 Å². The summed E-state index contributed by atoms with van der Waals surface area (Å²) in [4.78, 5) is 11.3. The van der Waals surface area contributed by atoms with E-state index in [2.05, 4.69) is 4.74 Å². The molecular formula is C11H17NO2. The zero-order valence-electron chi connectivity index (χ0n) is 9.26. The minimum Gasteiger partial charge on any atom is -0.465 e. The monoisotopic (exact) mass is 195 g/mol. The molecule has 78 valence electrons. The van der Waals surface area contributed by atoms with Gasteiger partial charge in [0.1, 0.15) is 11.6 Å². The Balaban J connectivity index is 5.10. The smallest absolute Gasteiger partial charge is 0.348 e. The van der Waals surface area contributed by atoms with Crippen molar-refractivity contribution >= 4 is 5.97 Å². The van der Waals surface area contributed by atoms with Crippen molar-refractivity contribution in [1.29, 1.82) is 5.26 Å². The minimum atomic E-state index is -0.523. The molecule has 0 unspecified atom stereocenters. The fourth-order valence-electron chi connectivity index (χ4n) is 1.32. The summed E-state index contributed by atoms with van der Waals surface area (Å²) < 4.78 is 4.56. The van der Waals surface area contributed by atoms with Gasteiger partial charge in [-0.1, -0.05) is 27.2 Å². The molecule has 0 amide bonds. The first-order chi connectivity index (χ1) is 6.58. The molecule has 0 atom stereocenters. The molecule has 0 bridgehead atoms. The number of hydrogen-bond acceptors (Lipinski definition) is 3. The zero-order valence-corrected chi connectivity index (χ0v) is 9.26. The van der Waals surface area contributed by atoms with Crippen LogP contribution in [-0.4, -0.2) is 13.1 Å². The van der Waals surface area contributed by atoms with Gasteiger partial charge in [-0.3, -0.25) is 0 Å². The Labute approximate surface area is 85.4 Å². The Morgan fingerprint density at radius 2 is 2.07 bits per heavy atom. The van der Waals surface area contributed by atoms with E-state index in [9.17, 15) is 4.79 Å². The molecule has 0 aromatic heterocycles. The molecular weight excluding hydrogens is 178 g/mol. The summed E-state index contributed by atoms with van der Waals surface area (Å²) in [6.45, 7) is 5.98. The van der Waals surface area contributed by atoms with Crippen LogP contribution in [0.15, 0.2) is 11.1 Å². The van der Waals surface area contributed by atoms with Gasteiger partial charge >= 0.3 is 5.97 Å². The highest BCUT2D eigenvalue weighted by atomic mass is 16.5. The van der Waals surface area contributed by atoms with Crippen LogP contribution in [0.25, 0.3) is 0 Å². The van der Waals surface area contributed by atoms with E-state index >= 15 is 0 Å². The Morgan fingerprint density at radius 3 is 2.36 bits per heavy atom. The molecule has 0 spiro atoms. The Kier molecular flexibility index (Phi) is 5.62. The normalized spacial score (nSPS) is 12.0. The van der Waals surface area contributed by atoms with E-state index in [1.807, 2.05) is 26.8 Å². The van der Waals surface area contributed by atoms with Crippen molar-refractivity contribution in [3.63, 3.8) is 0 Å². The van der Waals surface area contributed by atoms with Crippen LogP contribution in [0.2, 0.25) is 0 Å². The fourth-order valence-corrected chi connectivity index (χ4v) is 1.32. The summed E-state index contributed by atoms with van der Waals surface area (Å²) in [7, 11) is 1.30. The molecule has 3 nitrogen and oxygen atoms in total. The molecule has 0 N–H and O–H groups in total. The van der Waals surface area contributed by atoms with Gasteiger partial charge in [0.15, 0.2) is 0 Å². The second-order valence-corrected chi connectivity index (χ2v) is 3.41. The van der Waals surface area contributed by atoms with Gasteiger partial charge in [0, 0.05) is 0 Å². The van der Waals surface area contributed by atoms with E-state index < -0.39 is 5.97 Å². The maximum absolute atomic E-state index is 11.3. The van der Waals surface area contributed by atoms with Gasteiger partial charge in [0.05, 0.1) is 7.11 Å². The van der Waals surface area contributed by atoms with Crippen molar-refractivity contribution in [2.45, 2.75) is 33.6 Å². The third kappa shape index (κ3) is 3.21. The van der Waals surface area contributed by atoms with Gasteiger partial charge < -0.3 is 4.74 Å². The van der Waals surface area contributed by atoms with Crippen molar-refractivity contribution in [2.75, 3.05) is 7.11 Å². The SMILES string of the molecule is CCCC(=C(C#N)C(=O)OC)C(C)C. The number of rotatable bonds is 4. The quantitative estimate of drug-likeness (QED) is 0.393. The first-order valence-electron chi connectivity index (χ1n) is 4.79. The molecule has 0 aromatic carbocycles. The summed E-state index contributed by atoms with van der Waals surface area (Å²) in [5.74, 6) is -0.312. The van der Waals surface area contributed by atoms with Gasteiger partial charge in [-0.25, -0.2) is 4.79 Å². The second kappa shape index (κ2) is 6.20. The first-order valence-corrected chi connectivity index (χ1v) is 4.79. The van der Waals surface area contributed by atoms with Gasteiger partial charge in [-0.05, 0) is 17.9 Å². The largest absolute Gasteiger partial charge is 0.465 e. The van der Waals surface area contributed by atoms with Crippen LogP contribution in [0.5, 0.6) is 0 Å². The van der Waals surface area contributed by atoms with Crippen molar-refractivity contribution in [3.05, 3.63) is 11.1 Å². The Morgan fingerprint density at radius 1 is 1.50 bits per heavy atom. The number of hydrogen-bond donors (Lipinski definition) is 0. The molecule has 14 heavy (non-hydrogen) atoms. The standard InChI is InChI=1S/C11H17NO2/c1-5-6-9(8(2)3)10(7-12)11(13)14-4/h8H,5-6H2,1-4H3. The number of carbonyl (C=O) groups is 1. The lowest BCUT2D eigenvalue weighted by Crippen LogP contribution is -2.09. The number of nitriles is 1. The van der Waals surface area contributed by atoms with Gasteiger partial charge in [-0.15, -0.1) is 0 Å². The first kappa shape index (κ1) is 12.7. The molecule has 0 heterocycles. The van der Waals surface area contributed by atoms with E-state index in [0.29, 0.717) is 0 Å². The summed E-state index contributed by atoms with van der Waals surface area (Å²) in [6.07, 6.45) is 1.70. The summed E-state index contributed by atoms with van der Waals surface area (Å²) in [5.41, 5.74) is 1.06. The van der Waals surface area contributed by atoms with Crippen LogP contribution in [0, 0.1) is 17.2 Å². The molecule has 0 aliphatic carbocycles. The number of ether oxygens (including phenoxy) is 1. The summed E-state index contributed by atoms with van der Waals surface area (Å²) >= 11 is 0. The average Bonchev–Trinajstić information content (AvgIpc) is 2.16. The fraction of sp³-hybridized carbons (Fsp3) is 0.636. The maximum atomic E-state index is 11.3. The molecule has 3 heteroatoms. The topological polar surface area (TPSA) is 50.1 Å². The van der Waals surface area contributed by atoms with Gasteiger partial charge in [0.2, 0.25) is 0 Å². The molecule has 0 aliphatic rings. The second-order valence-electron chi connectivity index (χ2n) is 3.41. The van der Waals surface area contributed by atoms with Crippen LogP contribution in [0.1, 0.15) is 33.6 Å². The zero-order chi connectivity index (χ0) is 11.1. The van der Waals surface area contributed by atoms with Crippen molar-refractivity contribution < 1.29 is 9.53 Å². The highest BCUT2D eigenvalue weighted by molar-refractivity contribution is 5.93. The minimum absolute atomic E-state index is 0.171. The summed E-state index contributed by atoms with van der Waals surface area (Å²) in [6, 6.07) is 1.92. The maximum Gasteiger partial charge on any atom is 0.348 e. The molecule has 0 fully saturated rings. The van der Waals surface area contributed by atoms with Gasteiger partial charge in [-0.2, -0.15) is 5.26 Å². The van der Waals surface area contributed by atoms with Gasteiger partial charge in [0.25, 0.3) is 0 Å². The number of allylic oxidation sites excluding steroid dienone is 1. The third-order valence-corrected chi connectivity index (χ3v) is 2.04. The van der Waals surface area contributed by atoms with Crippen LogP contribution < -0.4 is 0 Å². The summed E-state index contributed by atoms with van der Waals surface area (Å²) in [5, 5.41) is 8.86. The number of carbonyl (C=O) groups excluding carboxylic acids is 1. The predicted molar refractivity (Wildman–Crippen MR) is 54.4 cm³/mol.